The molecule has 1 atom stereocenters. The topological polar surface area (TPSA) is 59.9 Å². The lowest BCUT2D eigenvalue weighted by atomic mass is 10.1. The number of hydrogen-bond donors (Lipinski definition) is 1. The summed E-state index contributed by atoms with van der Waals surface area (Å²) >= 11 is 0. The quantitative estimate of drug-likeness (QED) is 0.658. The minimum absolute atomic E-state index is 0.321. The number of amides is 1. The van der Waals surface area contributed by atoms with E-state index in [9.17, 15) is 4.79 Å². The summed E-state index contributed by atoms with van der Waals surface area (Å²) in [6.07, 6.45) is 0.879. The van der Waals surface area contributed by atoms with Crippen molar-refractivity contribution in [2.45, 2.75) is 6.10 Å². The van der Waals surface area contributed by atoms with E-state index in [2.05, 4.69) is 10.5 Å². The zero-order valence-electron chi connectivity index (χ0n) is 12.5. The molecule has 2 rings (SSSR count). The SMILES string of the molecule is COc1ccc(/C=N/NC(=O)C(OC)c2ccccc2)cc1. The average Bonchev–Trinajstić information content (AvgIpc) is 2.57. The van der Waals surface area contributed by atoms with Crippen LogP contribution in [0.15, 0.2) is 59.7 Å². The second-order valence-corrected chi connectivity index (χ2v) is 4.53. The van der Waals surface area contributed by atoms with Gasteiger partial charge in [-0.2, -0.15) is 5.10 Å². The fraction of sp³-hybridized carbons (Fsp3) is 0.176. The van der Waals surface area contributed by atoms with E-state index in [-0.39, 0.29) is 5.91 Å². The fourth-order valence-corrected chi connectivity index (χ4v) is 1.94. The molecule has 0 heterocycles. The van der Waals surface area contributed by atoms with Crippen molar-refractivity contribution in [3.8, 4) is 5.75 Å². The van der Waals surface area contributed by atoms with Crippen LogP contribution in [0.1, 0.15) is 17.2 Å². The Hall–Kier alpha value is -2.66. The lowest BCUT2D eigenvalue weighted by Gasteiger charge is -2.13. The third kappa shape index (κ3) is 4.17. The van der Waals surface area contributed by atoms with Crippen LogP contribution in [0.3, 0.4) is 0 Å². The highest BCUT2D eigenvalue weighted by Gasteiger charge is 2.18. The lowest BCUT2D eigenvalue weighted by Crippen LogP contribution is -2.26. The van der Waals surface area contributed by atoms with E-state index in [0.29, 0.717) is 0 Å². The van der Waals surface area contributed by atoms with Crippen LogP contribution in [0.25, 0.3) is 0 Å². The zero-order valence-corrected chi connectivity index (χ0v) is 12.5. The monoisotopic (exact) mass is 298 g/mol. The van der Waals surface area contributed by atoms with Crippen molar-refractivity contribution in [2.24, 2.45) is 5.10 Å². The predicted molar refractivity (Wildman–Crippen MR) is 84.9 cm³/mol. The largest absolute Gasteiger partial charge is 0.497 e. The first-order valence-electron chi connectivity index (χ1n) is 6.79. The van der Waals surface area contributed by atoms with Crippen molar-refractivity contribution in [3.05, 3.63) is 65.7 Å². The number of rotatable bonds is 6. The molecule has 0 aliphatic rings. The maximum Gasteiger partial charge on any atom is 0.273 e. The Kier molecular flexibility index (Phi) is 5.68. The summed E-state index contributed by atoms with van der Waals surface area (Å²) in [7, 11) is 3.10. The molecule has 1 unspecified atom stereocenters. The van der Waals surface area contributed by atoms with E-state index in [1.165, 1.54) is 7.11 Å². The van der Waals surface area contributed by atoms with Crippen LogP contribution in [-0.2, 0) is 9.53 Å². The first kappa shape index (κ1) is 15.7. The number of hydrazone groups is 1. The second-order valence-electron chi connectivity index (χ2n) is 4.53. The molecule has 0 bridgehead atoms. The van der Waals surface area contributed by atoms with Crippen LogP contribution in [0.4, 0.5) is 0 Å². The number of methoxy groups -OCH3 is 2. The van der Waals surface area contributed by atoms with E-state index in [0.717, 1.165) is 16.9 Å². The maximum atomic E-state index is 12.1. The molecule has 5 heteroatoms. The number of hydrogen-bond acceptors (Lipinski definition) is 4. The molecule has 0 aromatic heterocycles. The van der Waals surface area contributed by atoms with Gasteiger partial charge >= 0.3 is 0 Å². The van der Waals surface area contributed by atoms with E-state index in [1.807, 2.05) is 54.6 Å². The Morgan fingerprint density at radius 3 is 2.36 bits per heavy atom. The average molecular weight is 298 g/mol. The van der Waals surface area contributed by atoms with Crippen LogP contribution in [0, 0.1) is 0 Å². The Morgan fingerprint density at radius 2 is 1.77 bits per heavy atom. The molecular formula is C17H18N2O3. The summed E-state index contributed by atoms with van der Waals surface area (Å²) in [5.41, 5.74) is 4.12. The molecule has 0 aliphatic carbocycles. The third-order valence-electron chi connectivity index (χ3n) is 3.08. The predicted octanol–water partition coefficient (Wildman–Crippen LogP) is 2.53. The summed E-state index contributed by atoms with van der Waals surface area (Å²) in [6.45, 7) is 0. The van der Waals surface area contributed by atoms with E-state index in [4.69, 9.17) is 9.47 Å². The molecule has 0 saturated carbocycles. The van der Waals surface area contributed by atoms with Crippen molar-refractivity contribution in [2.75, 3.05) is 14.2 Å². The van der Waals surface area contributed by atoms with Crippen molar-refractivity contribution in [1.82, 2.24) is 5.43 Å². The first-order valence-corrected chi connectivity index (χ1v) is 6.79. The molecule has 114 valence electrons. The van der Waals surface area contributed by atoms with Crippen molar-refractivity contribution >= 4 is 12.1 Å². The minimum atomic E-state index is -0.686. The number of nitrogens with one attached hydrogen (secondary N) is 1. The van der Waals surface area contributed by atoms with Gasteiger partial charge in [0.05, 0.1) is 13.3 Å². The lowest BCUT2D eigenvalue weighted by molar-refractivity contribution is -0.131. The molecular weight excluding hydrogens is 280 g/mol. The fourth-order valence-electron chi connectivity index (χ4n) is 1.94. The molecule has 0 aliphatic heterocycles. The number of carbonyl (C=O) groups excluding carboxylic acids is 1. The molecule has 1 amide bonds. The van der Waals surface area contributed by atoms with Crippen LogP contribution in [-0.4, -0.2) is 26.3 Å². The summed E-state index contributed by atoms with van der Waals surface area (Å²) in [5.74, 6) is 0.447. The summed E-state index contributed by atoms with van der Waals surface area (Å²) in [6, 6.07) is 16.6. The van der Waals surface area contributed by atoms with Crippen molar-refractivity contribution in [1.29, 1.82) is 0 Å². The van der Waals surface area contributed by atoms with E-state index >= 15 is 0 Å². The van der Waals surface area contributed by atoms with Gasteiger partial charge in [-0.25, -0.2) is 5.43 Å². The van der Waals surface area contributed by atoms with Crippen LogP contribution >= 0.6 is 0 Å². The molecule has 5 nitrogen and oxygen atoms in total. The summed E-state index contributed by atoms with van der Waals surface area (Å²) in [5, 5.41) is 3.95. The van der Waals surface area contributed by atoms with Gasteiger partial charge in [-0.1, -0.05) is 30.3 Å². The van der Waals surface area contributed by atoms with Gasteiger partial charge in [-0.15, -0.1) is 0 Å². The molecule has 0 saturated heterocycles. The van der Waals surface area contributed by atoms with Gasteiger partial charge in [0.1, 0.15) is 5.75 Å². The van der Waals surface area contributed by atoms with Gasteiger partial charge < -0.3 is 9.47 Å². The normalized spacial score (nSPS) is 12.1. The zero-order chi connectivity index (χ0) is 15.8. The molecule has 22 heavy (non-hydrogen) atoms. The highest BCUT2D eigenvalue weighted by molar-refractivity contribution is 5.85. The van der Waals surface area contributed by atoms with Crippen LogP contribution in [0.5, 0.6) is 5.75 Å². The van der Waals surface area contributed by atoms with E-state index < -0.39 is 6.10 Å². The van der Waals surface area contributed by atoms with Gasteiger partial charge in [0.15, 0.2) is 6.10 Å². The highest BCUT2D eigenvalue weighted by atomic mass is 16.5. The molecule has 0 radical (unpaired) electrons. The van der Waals surface area contributed by atoms with Crippen LogP contribution < -0.4 is 10.2 Å². The molecule has 2 aromatic rings. The molecule has 1 N–H and O–H groups in total. The second kappa shape index (κ2) is 7.95. The number of ether oxygens (including phenoxy) is 2. The number of nitrogens with zero attached hydrogens (tertiary/aromatic N) is 1. The smallest absolute Gasteiger partial charge is 0.273 e. The van der Waals surface area contributed by atoms with Gasteiger partial charge in [0, 0.05) is 7.11 Å². The molecule has 0 fully saturated rings. The van der Waals surface area contributed by atoms with Gasteiger partial charge in [0.2, 0.25) is 0 Å². The van der Waals surface area contributed by atoms with Gasteiger partial charge in [-0.05, 0) is 35.4 Å². The third-order valence-corrected chi connectivity index (χ3v) is 3.08. The van der Waals surface area contributed by atoms with Crippen molar-refractivity contribution < 1.29 is 14.3 Å². The number of carbonyl (C=O) groups is 1. The Bertz CT molecular complexity index is 624. The van der Waals surface area contributed by atoms with Crippen LogP contribution in [0.2, 0.25) is 0 Å². The Labute approximate surface area is 129 Å². The maximum absolute atomic E-state index is 12.1. The Balaban J connectivity index is 1.97. The standard InChI is InChI=1S/C17H18N2O3/c1-21-15-10-8-13(9-11-15)12-18-19-17(20)16(22-2)14-6-4-3-5-7-14/h3-12,16H,1-2H3,(H,19,20)/b18-12+. The Morgan fingerprint density at radius 1 is 1.09 bits per heavy atom. The van der Waals surface area contributed by atoms with Gasteiger partial charge in [0.25, 0.3) is 5.91 Å². The summed E-state index contributed by atoms with van der Waals surface area (Å²) in [4.78, 5) is 12.1. The summed E-state index contributed by atoms with van der Waals surface area (Å²) < 4.78 is 10.3. The van der Waals surface area contributed by atoms with Gasteiger partial charge in [-0.3, -0.25) is 4.79 Å². The first-order chi connectivity index (χ1) is 10.7. The van der Waals surface area contributed by atoms with E-state index in [1.54, 1.807) is 13.3 Å². The van der Waals surface area contributed by atoms with Crippen molar-refractivity contribution in [3.63, 3.8) is 0 Å². The minimum Gasteiger partial charge on any atom is -0.497 e. The highest BCUT2D eigenvalue weighted by Crippen LogP contribution is 2.16. The molecule has 0 spiro atoms. The number of benzene rings is 2. The molecule has 2 aromatic carbocycles.